The van der Waals surface area contributed by atoms with Crippen molar-refractivity contribution < 1.29 is 19.4 Å². The number of aromatic hydroxyl groups is 1. The summed E-state index contributed by atoms with van der Waals surface area (Å²) in [5.74, 6) is 0.619. The van der Waals surface area contributed by atoms with Gasteiger partial charge in [0, 0.05) is 25.7 Å². The molecule has 0 saturated carbocycles. The van der Waals surface area contributed by atoms with Crippen LogP contribution in [0.25, 0.3) is 0 Å². The first-order chi connectivity index (χ1) is 9.62. The van der Waals surface area contributed by atoms with Crippen molar-refractivity contribution in [3.05, 3.63) is 23.8 Å². The average molecular weight is 280 g/mol. The van der Waals surface area contributed by atoms with Crippen LogP contribution >= 0.6 is 0 Å². The summed E-state index contributed by atoms with van der Waals surface area (Å²) in [6.07, 6.45) is 0.521. The smallest absolute Gasteiger partial charge is 0.407 e. The molecular formula is C14H20N2O4. The summed E-state index contributed by atoms with van der Waals surface area (Å²) in [4.78, 5) is 13.4. The fourth-order valence-electron chi connectivity index (χ4n) is 2.40. The Hall–Kier alpha value is -1.95. The standard InChI is InChI=1S/C14H20N2O4/c1-19-13-7-10(3-4-12(13)17)8-16-6-5-11(9-16)15-14(18)20-2/h3-4,7,11,17H,5-6,8-9H2,1-2H3,(H,15,18). The van der Waals surface area contributed by atoms with E-state index >= 15 is 0 Å². The van der Waals surface area contributed by atoms with Crippen molar-refractivity contribution in [2.45, 2.75) is 19.0 Å². The quantitative estimate of drug-likeness (QED) is 0.870. The summed E-state index contributed by atoms with van der Waals surface area (Å²) < 4.78 is 9.69. The highest BCUT2D eigenvalue weighted by Gasteiger charge is 2.24. The highest BCUT2D eigenvalue weighted by molar-refractivity contribution is 5.67. The van der Waals surface area contributed by atoms with E-state index in [9.17, 15) is 9.90 Å². The highest BCUT2D eigenvalue weighted by atomic mass is 16.5. The van der Waals surface area contributed by atoms with Crippen molar-refractivity contribution in [3.63, 3.8) is 0 Å². The molecule has 0 spiro atoms. The molecule has 1 saturated heterocycles. The molecule has 1 aliphatic rings. The molecule has 2 N–H and O–H groups in total. The fraction of sp³-hybridized carbons (Fsp3) is 0.500. The molecule has 2 rings (SSSR count). The molecule has 0 aromatic heterocycles. The Morgan fingerprint density at radius 2 is 2.30 bits per heavy atom. The SMILES string of the molecule is COC(=O)NC1CCN(Cc2ccc(O)c(OC)c2)C1. The van der Waals surface area contributed by atoms with Crippen LogP contribution < -0.4 is 10.1 Å². The molecule has 1 unspecified atom stereocenters. The summed E-state index contributed by atoms with van der Waals surface area (Å²) in [5, 5.41) is 12.4. The molecule has 0 bridgehead atoms. The zero-order valence-electron chi connectivity index (χ0n) is 11.8. The van der Waals surface area contributed by atoms with Crippen LogP contribution in [-0.4, -0.2) is 49.5 Å². The normalized spacial score (nSPS) is 18.8. The lowest BCUT2D eigenvalue weighted by atomic mass is 10.2. The highest BCUT2D eigenvalue weighted by Crippen LogP contribution is 2.27. The van der Waals surface area contributed by atoms with Crippen LogP contribution in [-0.2, 0) is 11.3 Å². The molecule has 6 heteroatoms. The summed E-state index contributed by atoms with van der Waals surface area (Å²) in [6.45, 7) is 2.46. The van der Waals surface area contributed by atoms with E-state index in [0.717, 1.165) is 31.6 Å². The van der Waals surface area contributed by atoms with Crippen LogP contribution in [0.4, 0.5) is 4.79 Å². The third-order valence-corrected chi connectivity index (χ3v) is 3.43. The average Bonchev–Trinajstić information content (AvgIpc) is 2.88. The number of nitrogens with zero attached hydrogens (tertiary/aromatic N) is 1. The Morgan fingerprint density at radius 1 is 1.50 bits per heavy atom. The predicted molar refractivity (Wildman–Crippen MR) is 73.9 cm³/mol. The maximum Gasteiger partial charge on any atom is 0.407 e. The number of hydrogen-bond acceptors (Lipinski definition) is 5. The van der Waals surface area contributed by atoms with Crippen molar-refractivity contribution in [2.75, 3.05) is 27.3 Å². The summed E-state index contributed by atoms with van der Waals surface area (Å²) in [6, 6.07) is 5.46. The second-order valence-electron chi connectivity index (χ2n) is 4.86. The topological polar surface area (TPSA) is 71.0 Å². The molecule has 0 aliphatic carbocycles. The third kappa shape index (κ3) is 3.54. The second-order valence-corrected chi connectivity index (χ2v) is 4.86. The number of amides is 1. The summed E-state index contributed by atoms with van der Waals surface area (Å²) in [7, 11) is 2.90. The molecule has 1 heterocycles. The number of alkyl carbamates (subject to hydrolysis) is 1. The maximum absolute atomic E-state index is 11.2. The number of nitrogens with one attached hydrogen (secondary N) is 1. The Bertz CT molecular complexity index is 478. The van der Waals surface area contributed by atoms with Gasteiger partial charge in [-0.15, -0.1) is 0 Å². The van der Waals surface area contributed by atoms with E-state index in [4.69, 9.17) is 4.74 Å². The van der Waals surface area contributed by atoms with Crippen LogP contribution in [0.1, 0.15) is 12.0 Å². The van der Waals surface area contributed by atoms with E-state index in [1.165, 1.54) is 14.2 Å². The first kappa shape index (κ1) is 14.5. The summed E-state index contributed by atoms with van der Waals surface area (Å²) in [5.41, 5.74) is 1.07. The van der Waals surface area contributed by atoms with Gasteiger partial charge in [-0.25, -0.2) is 4.79 Å². The van der Waals surface area contributed by atoms with Gasteiger partial charge >= 0.3 is 6.09 Å². The van der Waals surface area contributed by atoms with Gasteiger partial charge in [0.25, 0.3) is 0 Å². The number of rotatable bonds is 4. The number of ether oxygens (including phenoxy) is 2. The number of carbonyl (C=O) groups excluding carboxylic acids is 1. The van der Waals surface area contributed by atoms with E-state index in [1.54, 1.807) is 6.07 Å². The number of benzene rings is 1. The molecule has 1 atom stereocenters. The number of likely N-dealkylation sites (tertiary alicyclic amines) is 1. The summed E-state index contributed by atoms with van der Waals surface area (Å²) >= 11 is 0. The Morgan fingerprint density at radius 3 is 3.00 bits per heavy atom. The Labute approximate surface area is 118 Å². The lowest BCUT2D eigenvalue weighted by Crippen LogP contribution is -2.36. The lowest BCUT2D eigenvalue weighted by Gasteiger charge is -2.17. The zero-order valence-corrected chi connectivity index (χ0v) is 11.8. The van der Waals surface area contributed by atoms with E-state index in [0.29, 0.717) is 5.75 Å². The van der Waals surface area contributed by atoms with Gasteiger partial charge in [-0.3, -0.25) is 4.90 Å². The molecule has 1 fully saturated rings. The molecule has 6 nitrogen and oxygen atoms in total. The monoisotopic (exact) mass is 280 g/mol. The third-order valence-electron chi connectivity index (χ3n) is 3.43. The van der Waals surface area contributed by atoms with Crippen molar-refractivity contribution >= 4 is 6.09 Å². The minimum absolute atomic E-state index is 0.126. The fourth-order valence-corrected chi connectivity index (χ4v) is 2.40. The molecule has 1 aromatic rings. The van der Waals surface area contributed by atoms with Crippen molar-refractivity contribution in [2.24, 2.45) is 0 Å². The minimum Gasteiger partial charge on any atom is -0.504 e. The molecule has 1 aliphatic heterocycles. The molecule has 110 valence electrons. The van der Waals surface area contributed by atoms with Crippen LogP contribution in [0.2, 0.25) is 0 Å². The lowest BCUT2D eigenvalue weighted by molar-refractivity contribution is 0.166. The predicted octanol–water partition coefficient (Wildman–Crippen LogP) is 1.33. The number of phenolic OH excluding ortho intramolecular Hbond substituents is 1. The number of methoxy groups -OCH3 is 2. The van der Waals surface area contributed by atoms with E-state index in [2.05, 4.69) is 15.0 Å². The van der Waals surface area contributed by atoms with Gasteiger partial charge < -0.3 is 19.9 Å². The molecule has 20 heavy (non-hydrogen) atoms. The Kier molecular flexibility index (Phi) is 4.68. The Balaban J connectivity index is 1.90. The molecule has 1 aromatic carbocycles. The van der Waals surface area contributed by atoms with E-state index in [1.807, 2.05) is 12.1 Å². The second kappa shape index (κ2) is 6.47. The molecular weight excluding hydrogens is 260 g/mol. The van der Waals surface area contributed by atoms with Gasteiger partial charge in [-0.1, -0.05) is 6.07 Å². The van der Waals surface area contributed by atoms with Gasteiger partial charge in [0.05, 0.1) is 14.2 Å². The number of hydrogen-bond donors (Lipinski definition) is 2. The molecule has 0 radical (unpaired) electrons. The number of carbonyl (C=O) groups is 1. The first-order valence-electron chi connectivity index (χ1n) is 6.55. The van der Waals surface area contributed by atoms with Crippen molar-refractivity contribution in [1.29, 1.82) is 0 Å². The van der Waals surface area contributed by atoms with E-state index in [-0.39, 0.29) is 17.9 Å². The van der Waals surface area contributed by atoms with Crippen LogP contribution in [0.5, 0.6) is 11.5 Å². The van der Waals surface area contributed by atoms with Crippen molar-refractivity contribution in [1.82, 2.24) is 10.2 Å². The minimum atomic E-state index is -0.386. The molecule has 1 amide bonds. The number of phenols is 1. The van der Waals surface area contributed by atoms with Crippen LogP contribution in [0.15, 0.2) is 18.2 Å². The first-order valence-corrected chi connectivity index (χ1v) is 6.55. The maximum atomic E-state index is 11.2. The zero-order chi connectivity index (χ0) is 14.5. The van der Waals surface area contributed by atoms with Crippen LogP contribution in [0.3, 0.4) is 0 Å². The van der Waals surface area contributed by atoms with Gasteiger partial charge in [-0.2, -0.15) is 0 Å². The van der Waals surface area contributed by atoms with Gasteiger partial charge in [0.2, 0.25) is 0 Å². The van der Waals surface area contributed by atoms with Crippen LogP contribution in [0, 0.1) is 0 Å². The van der Waals surface area contributed by atoms with Gasteiger partial charge in [0.1, 0.15) is 0 Å². The van der Waals surface area contributed by atoms with E-state index < -0.39 is 0 Å². The largest absolute Gasteiger partial charge is 0.504 e. The van der Waals surface area contributed by atoms with Gasteiger partial charge in [0.15, 0.2) is 11.5 Å². The van der Waals surface area contributed by atoms with Gasteiger partial charge in [-0.05, 0) is 24.1 Å². The van der Waals surface area contributed by atoms with Crippen molar-refractivity contribution in [3.8, 4) is 11.5 Å².